The zero-order valence-electron chi connectivity index (χ0n) is 14.3. The lowest BCUT2D eigenvalue weighted by atomic mass is 9.75. The SMILES string of the molecule is Cc1ccc(N2CCC3(CN(Cc4cccs4)CCC3(F)F)C2)nn1. The maximum Gasteiger partial charge on any atom is 0.257 e. The third-order valence-corrected chi connectivity index (χ3v) is 6.33. The molecule has 4 rings (SSSR count). The van der Waals surface area contributed by atoms with E-state index in [0.717, 1.165) is 12.2 Å². The van der Waals surface area contributed by atoms with Gasteiger partial charge in [0, 0.05) is 44.0 Å². The molecular weight excluding hydrogens is 342 g/mol. The van der Waals surface area contributed by atoms with Crippen LogP contribution < -0.4 is 4.90 Å². The van der Waals surface area contributed by atoms with Crippen LogP contribution in [0, 0.1) is 12.3 Å². The largest absolute Gasteiger partial charge is 0.354 e. The number of piperidine rings is 1. The number of aryl methyl sites for hydroxylation is 1. The van der Waals surface area contributed by atoms with Crippen molar-refractivity contribution >= 4 is 17.2 Å². The third-order valence-electron chi connectivity index (χ3n) is 5.47. The van der Waals surface area contributed by atoms with Crippen LogP contribution in [0.1, 0.15) is 23.4 Å². The normalized spacial score (nSPS) is 26.4. The summed E-state index contributed by atoms with van der Waals surface area (Å²) in [5.74, 6) is -1.93. The summed E-state index contributed by atoms with van der Waals surface area (Å²) in [6.07, 6.45) is 0.433. The minimum Gasteiger partial charge on any atom is -0.354 e. The van der Waals surface area contributed by atoms with Gasteiger partial charge in [-0.15, -0.1) is 16.4 Å². The van der Waals surface area contributed by atoms with Crippen LogP contribution in [-0.4, -0.2) is 47.2 Å². The molecule has 0 aliphatic carbocycles. The molecule has 2 aliphatic rings. The van der Waals surface area contributed by atoms with Gasteiger partial charge in [-0.05, 0) is 36.9 Å². The molecule has 2 aliphatic heterocycles. The molecule has 4 nitrogen and oxygen atoms in total. The average molecular weight is 364 g/mol. The summed E-state index contributed by atoms with van der Waals surface area (Å²) in [6.45, 7) is 4.49. The Morgan fingerprint density at radius 1 is 1.12 bits per heavy atom. The van der Waals surface area contributed by atoms with Gasteiger partial charge in [0.15, 0.2) is 5.82 Å². The molecule has 0 saturated carbocycles. The molecule has 7 heteroatoms. The standard InChI is InChI=1S/C18H22F2N4S/c1-14-4-5-16(22-21-14)24-9-6-17(13-24)12-23(8-7-18(17,19)20)11-15-3-2-10-25-15/h2-5,10H,6-9,11-13H2,1H3. The molecule has 2 fully saturated rings. The molecule has 4 heterocycles. The van der Waals surface area contributed by atoms with Crippen LogP contribution in [0.4, 0.5) is 14.6 Å². The molecule has 0 aromatic carbocycles. The number of nitrogens with zero attached hydrogens (tertiary/aromatic N) is 4. The van der Waals surface area contributed by atoms with E-state index in [9.17, 15) is 8.78 Å². The number of thiophene rings is 1. The molecule has 1 unspecified atom stereocenters. The first-order chi connectivity index (χ1) is 12.0. The Morgan fingerprint density at radius 2 is 2.00 bits per heavy atom. The van der Waals surface area contributed by atoms with Crippen molar-refractivity contribution in [2.24, 2.45) is 5.41 Å². The molecule has 0 N–H and O–H groups in total. The summed E-state index contributed by atoms with van der Waals surface area (Å²) in [4.78, 5) is 5.39. The van der Waals surface area contributed by atoms with E-state index in [2.05, 4.69) is 21.2 Å². The molecule has 2 aromatic rings. The van der Waals surface area contributed by atoms with Crippen LogP contribution in [0.2, 0.25) is 0 Å². The van der Waals surface area contributed by atoms with Crippen molar-refractivity contribution in [3.05, 3.63) is 40.2 Å². The molecule has 0 radical (unpaired) electrons. The number of alkyl halides is 2. The van der Waals surface area contributed by atoms with Gasteiger partial charge in [0.1, 0.15) is 0 Å². The molecule has 2 aromatic heterocycles. The number of hydrogen-bond donors (Lipinski definition) is 0. The Kier molecular flexibility index (Phi) is 4.24. The summed E-state index contributed by atoms with van der Waals surface area (Å²) in [5.41, 5.74) is -0.155. The first-order valence-electron chi connectivity index (χ1n) is 8.65. The second-order valence-electron chi connectivity index (χ2n) is 7.23. The number of halogens is 2. The highest BCUT2D eigenvalue weighted by molar-refractivity contribution is 7.09. The van der Waals surface area contributed by atoms with Crippen molar-refractivity contribution in [3.63, 3.8) is 0 Å². The van der Waals surface area contributed by atoms with Crippen molar-refractivity contribution in [2.75, 3.05) is 31.1 Å². The van der Waals surface area contributed by atoms with E-state index < -0.39 is 11.3 Å². The second kappa shape index (κ2) is 6.29. The zero-order chi connectivity index (χ0) is 17.5. The molecule has 134 valence electrons. The fourth-order valence-electron chi connectivity index (χ4n) is 4.00. The Morgan fingerprint density at radius 3 is 2.72 bits per heavy atom. The van der Waals surface area contributed by atoms with Gasteiger partial charge in [0.05, 0.1) is 11.1 Å². The van der Waals surface area contributed by atoms with Crippen LogP contribution in [0.15, 0.2) is 29.6 Å². The van der Waals surface area contributed by atoms with Gasteiger partial charge in [0.2, 0.25) is 0 Å². The predicted molar refractivity (Wildman–Crippen MR) is 95.2 cm³/mol. The molecular formula is C18H22F2N4S. The summed E-state index contributed by atoms with van der Waals surface area (Å²) in [6, 6.07) is 7.86. The van der Waals surface area contributed by atoms with Gasteiger partial charge in [-0.3, -0.25) is 4.90 Å². The molecule has 2 saturated heterocycles. The summed E-state index contributed by atoms with van der Waals surface area (Å²) >= 11 is 1.69. The summed E-state index contributed by atoms with van der Waals surface area (Å²) in [5, 5.41) is 10.3. The number of aromatic nitrogens is 2. The van der Waals surface area contributed by atoms with E-state index in [1.165, 1.54) is 4.88 Å². The van der Waals surface area contributed by atoms with Crippen LogP contribution >= 0.6 is 11.3 Å². The zero-order valence-corrected chi connectivity index (χ0v) is 15.1. The van der Waals surface area contributed by atoms with Crippen molar-refractivity contribution in [1.29, 1.82) is 0 Å². The lowest BCUT2D eigenvalue weighted by molar-refractivity contribution is -0.158. The monoisotopic (exact) mass is 364 g/mol. The van der Waals surface area contributed by atoms with Gasteiger partial charge >= 0.3 is 0 Å². The van der Waals surface area contributed by atoms with Gasteiger partial charge in [-0.1, -0.05) is 6.07 Å². The highest BCUT2D eigenvalue weighted by Gasteiger charge is 2.59. The molecule has 0 bridgehead atoms. The van der Waals surface area contributed by atoms with E-state index in [1.54, 1.807) is 11.3 Å². The van der Waals surface area contributed by atoms with E-state index in [0.29, 0.717) is 38.4 Å². The number of hydrogen-bond acceptors (Lipinski definition) is 5. The second-order valence-corrected chi connectivity index (χ2v) is 8.26. The Hall–Kier alpha value is -1.60. The molecule has 1 spiro atoms. The summed E-state index contributed by atoms with van der Waals surface area (Å²) in [7, 11) is 0. The van der Waals surface area contributed by atoms with Crippen LogP contribution in [0.3, 0.4) is 0 Å². The topological polar surface area (TPSA) is 32.3 Å². The number of likely N-dealkylation sites (tertiary alicyclic amines) is 1. The molecule has 25 heavy (non-hydrogen) atoms. The van der Waals surface area contributed by atoms with E-state index in [4.69, 9.17) is 0 Å². The highest BCUT2D eigenvalue weighted by atomic mass is 32.1. The average Bonchev–Trinajstić information content (AvgIpc) is 3.23. The van der Waals surface area contributed by atoms with Gasteiger partial charge in [-0.25, -0.2) is 8.78 Å². The Bertz CT molecular complexity index is 719. The minimum absolute atomic E-state index is 0.0637. The van der Waals surface area contributed by atoms with Crippen LogP contribution in [0.5, 0.6) is 0 Å². The van der Waals surface area contributed by atoms with E-state index in [1.807, 2.05) is 35.4 Å². The van der Waals surface area contributed by atoms with Crippen molar-refractivity contribution in [3.8, 4) is 0 Å². The first-order valence-corrected chi connectivity index (χ1v) is 9.53. The van der Waals surface area contributed by atoms with E-state index in [-0.39, 0.29) is 6.42 Å². The fourth-order valence-corrected chi connectivity index (χ4v) is 4.75. The fraction of sp³-hybridized carbons (Fsp3) is 0.556. The smallest absolute Gasteiger partial charge is 0.257 e. The van der Waals surface area contributed by atoms with E-state index >= 15 is 0 Å². The van der Waals surface area contributed by atoms with Crippen molar-refractivity contribution in [1.82, 2.24) is 15.1 Å². The van der Waals surface area contributed by atoms with Crippen LogP contribution in [-0.2, 0) is 6.54 Å². The van der Waals surface area contributed by atoms with Gasteiger partial charge in [0.25, 0.3) is 5.92 Å². The first kappa shape index (κ1) is 16.8. The van der Waals surface area contributed by atoms with Crippen LogP contribution in [0.25, 0.3) is 0 Å². The number of rotatable bonds is 3. The molecule has 0 amide bonds. The predicted octanol–water partition coefficient (Wildman–Crippen LogP) is 3.58. The lowest BCUT2D eigenvalue weighted by Crippen LogP contribution is -2.56. The summed E-state index contributed by atoms with van der Waals surface area (Å²) < 4.78 is 29.8. The third kappa shape index (κ3) is 3.15. The maximum absolute atomic E-state index is 14.9. The van der Waals surface area contributed by atoms with Gasteiger partial charge < -0.3 is 4.90 Å². The minimum atomic E-state index is -2.63. The van der Waals surface area contributed by atoms with Crippen molar-refractivity contribution < 1.29 is 8.78 Å². The quantitative estimate of drug-likeness (QED) is 0.833. The lowest BCUT2D eigenvalue weighted by Gasteiger charge is -2.45. The number of anilines is 1. The Labute approximate surface area is 150 Å². The maximum atomic E-state index is 14.9. The Balaban J connectivity index is 1.52. The highest BCUT2D eigenvalue weighted by Crippen LogP contribution is 2.50. The molecule has 1 atom stereocenters. The van der Waals surface area contributed by atoms with Gasteiger partial charge in [-0.2, -0.15) is 5.10 Å². The van der Waals surface area contributed by atoms with Crippen molar-refractivity contribution in [2.45, 2.75) is 32.2 Å².